The number of nitriles is 1. The summed E-state index contributed by atoms with van der Waals surface area (Å²) >= 11 is 1.24. The lowest BCUT2D eigenvalue weighted by Crippen LogP contribution is -2.23. The van der Waals surface area contributed by atoms with E-state index in [2.05, 4.69) is 0 Å². The highest BCUT2D eigenvalue weighted by Gasteiger charge is 2.22. The van der Waals surface area contributed by atoms with Gasteiger partial charge in [0.2, 0.25) is 0 Å². The Balaban J connectivity index is 3.38. The maximum atomic E-state index is 11.3. The van der Waals surface area contributed by atoms with Crippen molar-refractivity contribution in [2.24, 2.45) is 5.41 Å². The minimum absolute atomic E-state index is 0.162. The number of ether oxygens (including phenoxy) is 1. The molecular formula is C10H17NO2S. The average Bonchev–Trinajstić information content (AvgIpc) is 2.09. The van der Waals surface area contributed by atoms with E-state index in [-0.39, 0.29) is 5.97 Å². The molecule has 0 amide bonds. The standard InChI is InChI=1S/C10H17NO2S/c1-10(2,3)9(12)13-6-4-5-7-14-8-11/h4-7H2,1-3H3. The Morgan fingerprint density at radius 1 is 1.43 bits per heavy atom. The smallest absolute Gasteiger partial charge is 0.311 e. The minimum atomic E-state index is -0.415. The first kappa shape index (κ1) is 13.3. The number of unbranched alkanes of at least 4 members (excludes halogenated alkanes) is 1. The average molecular weight is 215 g/mol. The molecule has 0 aliphatic rings. The van der Waals surface area contributed by atoms with Gasteiger partial charge in [-0.3, -0.25) is 4.79 Å². The summed E-state index contributed by atoms with van der Waals surface area (Å²) in [4.78, 5) is 11.3. The molecule has 4 heteroatoms. The van der Waals surface area contributed by atoms with E-state index in [1.807, 2.05) is 26.2 Å². The van der Waals surface area contributed by atoms with Gasteiger partial charge in [-0.1, -0.05) is 0 Å². The van der Waals surface area contributed by atoms with Crippen molar-refractivity contribution >= 4 is 17.7 Å². The van der Waals surface area contributed by atoms with E-state index in [9.17, 15) is 4.79 Å². The topological polar surface area (TPSA) is 50.1 Å². The summed E-state index contributed by atoms with van der Waals surface area (Å²) in [6, 6.07) is 0. The Kier molecular flexibility index (Phi) is 6.39. The van der Waals surface area contributed by atoms with Crippen LogP contribution >= 0.6 is 11.8 Å². The van der Waals surface area contributed by atoms with Gasteiger partial charge in [0.1, 0.15) is 5.40 Å². The lowest BCUT2D eigenvalue weighted by Gasteiger charge is -2.16. The molecule has 0 aromatic rings. The Labute approximate surface area is 89.8 Å². The van der Waals surface area contributed by atoms with Crippen molar-refractivity contribution in [1.29, 1.82) is 5.26 Å². The fraction of sp³-hybridized carbons (Fsp3) is 0.800. The summed E-state index contributed by atoms with van der Waals surface area (Å²) in [6.07, 6.45) is 1.74. The van der Waals surface area contributed by atoms with E-state index in [0.717, 1.165) is 18.6 Å². The van der Waals surface area contributed by atoms with Crippen LogP contribution in [0.1, 0.15) is 33.6 Å². The normalized spacial score (nSPS) is 10.7. The summed E-state index contributed by atoms with van der Waals surface area (Å²) in [6.45, 7) is 5.96. The Morgan fingerprint density at radius 3 is 2.57 bits per heavy atom. The zero-order valence-corrected chi connectivity index (χ0v) is 9.82. The summed E-state index contributed by atoms with van der Waals surface area (Å²) in [7, 11) is 0. The zero-order chi connectivity index (χ0) is 11.0. The molecule has 0 aromatic carbocycles. The largest absolute Gasteiger partial charge is 0.465 e. The molecule has 0 rings (SSSR count). The number of hydrogen-bond acceptors (Lipinski definition) is 4. The second-order valence-electron chi connectivity index (χ2n) is 4.03. The van der Waals surface area contributed by atoms with Crippen molar-refractivity contribution in [3.05, 3.63) is 0 Å². The molecule has 0 saturated heterocycles. The molecule has 0 aromatic heterocycles. The van der Waals surface area contributed by atoms with Gasteiger partial charge in [-0.05, 0) is 45.4 Å². The van der Waals surface area contributed by atoms with Gasteiger partial charge in [0.25, 0.3) is 0 Å². The Morgan fingerprint density at radius 2 is 2.07 bits per heavy atom. The van der Waals surface area contributed by atoms with Gasteiger partial charge in [0.15, 0.2) is 0 Å². The molecule has 0 atom stereocenters. The predicted octanol–water partition coefficient (Wildman–Crippen LogP) is 2.57. The van der Waals surface area contributed by atoms with Crippen molar-refractivity contribution in [1.82, 2.24) is 0 Å². The highest BCUT2D eigenvalue weighted by molar-refractivity contribution is 8.03. The van der Waals surface area contributed by atoms with E-state index in [1.54, 1.807) is 0 Å². The SMILES string of the molecule is CC(C)(C)C(=O)OCCCCSC#N. The number of carbonyl (C=O) groups is 1. The van der Waals surface area contributed by atoms with Crippen LogP contribution in [-0.4, -0.2) is 18.3 Å². The molecule has 0 radical (unpaired) electrons. The van der Waals surface area contributed by atoms with Crippen LogP contribution in [0.5, 0.6) is 0 Å². The first-order valence-corrected chi connectivity index (χ1v) is 5.65. The Hall–Kier alpha value is -0.690. The summed E-state index contributed by atoms with van der Waals surface area (Å²) in [5, 5.41) is 10.2. The van der Waals surface area contributed by atoms with Gasteiger partial charge in [-0.2, -0.15) is 5.26 Å². The third-order valence-corrected chi connectivity index (χ3v) is 2.17. The fourth-order valence-corrected chi connectivity index (χ4v) is 1.14. The second kappa shape index (κ2) is 6.72. The van der Waals surface area contributed by atoms with E-state index in [1.165, 1.54) is 11.8 Å². The Bertz CT molecular complexity index is 215. The summed E-state index contributed by atoms with van der Waals surface area (Å²) < 4.78 is 5.06. The number of esters is 1. The molecule has 0 N–H and O–H groups in total. The van der Waals surface area contributed by atoms with Crippen LogP contribution in [0, 0.1) is 16.1 Å². The zero-order valence-electron chi connectivity index (χ0n) is 9.00. The molecule has 0 spiro atoms. The molecule has 14 heavy (non-hydrogen) atoms. The number of thioether (sulfide) groups is 1. The van der Waals surface area contributed by atoms with Crippen LogP contribution < -0.4 is 0 Å². The fourth-order valence-electron chi connectivity index (χ4n) is 0.703. The lowest BCUT2D eigenvalue weighted by molar-refractivity contribution is -0.153. The van der Waals surface area contributed by atoms with Crippen LogP contribution in [0.25, 0.3) is 0 Å². The molecule has 0 saturated carbocycles. The predicted molar refractivity (Wildman–Crippen MR) is 57.7 cm³/mol. The lowest BCUT2D eigenvalue weighted by atomic mass is 9.97. The molecule has 80 valence electrons. The first-order valence-electron chi connectivity index (χ1n) is 4.66. The number of nitrogens with zero attached hydrogens (tertiary/aromatic N) is 1. The van der Waals surface area contributed by atoms with Gasteiger partial charge in [0.05, 0.1) is 12.0 Å². The van der Waals surface area contributed by atoms with Crippen molar-refractivity contribution in [2.75, 3.05) is 12.4 Å². The van der Waals surface area contributed by atoms with E-state index in [0.29, 0.717) is 6.61 Å². The minimum Gasteiger partial charge on any atom is -0.465 e. The van der Waals surface area contributed by atoms with Crippen molar-refractivity contribution in [3.8, 4) is 5.40 Å². The van der Waals surface area contributed by atoms with Gasteiger partial charge >= 0.3 is 5.97 Å². The van der Waals surface area contributed by atoms with Crippen molar-refractivity contribution in [3.63, 3.8) is 0 Å². The van der Waals surface area contributed by atoms with Crippen LogP contribution in [0.3, 0.4) is 0 Å². The molecule has 0 aliphatic heterocycles. The maximum absolute atomic E-state index is 11.3. The molecule has 0 heterocycles. The first-order chi connectivity index (χ1) is 6.48. The number of rotatable bonds is 5. The van der Waals surface area contributed by atoms with E-state index in [4.69, 9.17) is 10.00 Å². The maximum Gasteiger partial charge on any atom is 0.311 e. The molecule has 0 bridgehead atoms. The molecule has 0 aliphatic carbocycles. The van der Waals surface area contributed by atoms with Gasteiger partial charge in [-0.25, -0.2) is 0 Å². The van der Waals surface area contributed by atoms with E-state index < -0.39 is 5.41 Å². The van der Waals surface area contributed by atoms with Crippen molar-refractivity contribution < 1.29 is 9.53 Å². The third kappa shape index (κ3) is 6.79. The summed E-state index contributed by atoms with van der Waals surface area (Å²) in [5.74, 6) is 0.647. The highest BCUT2D eigenvalue weighted by Crippen LogP contribution is 2.15. The molecular weight excluding hydrogens is 198 g/mol. The van der Waals surface area contributed by atoms with Gasteiger partial charge < -0.3 is 4.74 Å². The molecule has 0 fully saturated rings. The summed E-state index contributed by atoms with van der Waals surface area (Å²) in [5.41, 5.74) is -0.415. The molecule has 3 nitrogen and oxygen atoms in total. The van der Waals surface area contributed by atoms with Crippen LogP contribution in [-0.2, 0) is 9.53 Å². The van der Waals surface area contributed by atoms with Crippen LogP contribution in [0.2, 0.25) is 0 Å². The molecule has 0 unspecified atom stereocenters. The second-order valence-corrected chi connectivity index (χ2v) is 4.91. The number of carbonyl (C=O) groups excluding carboxylic acids is 1. The third-order valence-electron chi connectivity index (χ3n) is 1.55. The number of thiocyanates is 1. The van der Waals surface area contributed by atoms with E-state index >= 15 is 0 Å². The van der Waals surface area contributed by atoms with Gasteiger partial charge in [-0.15, -0.1) is 0 Å². The van der Waals surface area contributed by atoms with Crippen LogP contribution in [0.15, 0.2) is 0 Å². The highest BCUT2D eigenvalue weighted by atomic mass is 32.2. The van der Waals surface area contributed by atoms with Gasteiger partial charge in [0, 0.05) is 5.75 Å². The van der Waals surface area contributed by atoms with Crippen molar-refractivity contribution in [2.45, 2.75) is 33.6 Å². The number of hydrogen-bond donors (Lipinski definition) is 0. The quantitative estimate of drug-likeness (QED) is 0.402. The van der Waals surface area contributed by atoms with Crippen LogP contribution in [0.4, 0.5) is 0 Å². The monoisotopic (exact) mass is 215 g/mol.